The van der Waals surface area contributed by atoms with Crippen molar-refractivity contribution < 1.29 is 14.0 Å². The van der Waals surface area contributed by atoms with E-state index in [1.165, 1.54) is 23.5 Å². The number of nitrogens with one attached hydrogen (secondary N) is 2. The van der Waals surface area contributed by atoms with Crippen LogP contribution in [0.1, 0.15) is 38.1 Å². The predicted octanol–water partition coefficient (Wildman–Crippen LogP) is 3.36. The van der Waals surface area contributed by atoms with Crippen LogP contribution in [0.2, 0.25) is 0 Å². The van der Waals surface area contributed by atoms with Crippen LogP contribution < -0.4 is 10.6 Å². The van der Waals surface area contributed by atoms with E-state index in [-0.39, 0.29) is 17.6 Å². The molecule has 2 N–H and O–H groups in total. The molecule has 0 saturated carbocycles. The van der Waals surface area contributed by atoms with E-state index >= 15 is 0 Å². The normalized spacial score (nSPS) is 12.5. The molecule has 0 aliphatic carbocycles. The zero-order chi connectivity index (χ0) is 18.6. The second-order valence-corrected chi connectivity index (χ2v) is 7.98. The van der Waals surface area contributed by atoms with E-state index in [0.29, 0.717) is 11.6 Å². The number of hydrogen-bond acceptors (Lipinski definition) is 4. The van der Waals surface area contributed by atoms with E-state index in [4.69, 9.17) is 0 Å². The average molecular weight is 363 g/mol. The maximum absolute atomic E-state index is 12.9. The molecule has 0 spiro atoms. The molecule has 1 atom stereocenters. The molecule has 134 valence electrons. The number of carbonyl (C=O) groups is 2. The fraction of sp³-hybridized carbons (Fsp3) is 0.389. The van der Waals surface area contributed by atoms with Crippen molar-refractivity contribution in [3.63, 3.8) is 0 Å². The highest BCUT2D eigenvalue weighted by atomic mass is 32.1. The molecular formula is C18H22FN3O2S. The van der Waals surface area contributed by atoms with E-state index in [9.17, 15) is 14.0 Å². The van der Waals surface area contributed by atoms with Crippen molar-refractivity contribution in [3.8, 4) is 0 Å². The Balaban J connectivity index is 1.92. The summed E-state index contributed by atoms with van der Waals surface area (Å²) in [7, 11) is 0. The Morgan fingerprint density at radius 3 is 2.48 bits per heavy atom. The highest BCUT2D eigenvalue weighted by molar-refractivity contribution is 7.15. The van der Waals surface area contributed by atoms with Gasteiger partial charge >= 0.3 is 0 Å². The largest absolute Gasteiger partial charge is 0.344 e. The minimum Gasteiger partial charge on any atom is -0.344 e. The number of halogens is 1. The van der Waals surface area contributed by atoms with Crippen molar-refractivity contribution in [1.29, 1.82) is 0 Å². The van der Waals surface area contributed by atoms with Gasteiger partial charge in [0.15, 0.2) is 5.13 Å². The fourth-order valence-corrected chi connectivity index (χ4v) is 2.79. The molecule has 0 bridgehead atoms. The molecule has 25 heavy (non-hydrogen) atoms. The van der Waals surface area contributed by atoms with Crippen LogP contribution in [-0.4, -0.2) is 22.8 Å². The van der Waals surface area contributed by atoms with Gasteiger partial charge in [0.2, 0.25) is 11.8 Å². The first kappa shape index (κ1) is 19.1. The van der Waals surface area contributed by atoms with E-state index in [1.807, 2.05) is 0 Å². The van der Waals surface area contributed by atoms with Crippen molar-refractivity contribution in [2.45, 2.75) is 40.2 Å². The maximum Gasteiger partial charge on any atom is 0.248 e. The molecule has 1 heterocycles. The summed E-state index contributed by atoms with van der Waals surface area (Å²) >= 11 is 1.35. The lowest BCUT2D eigenvalue weighted by molar-refractivity contribution is -0.131. The summed E-state index contributed by atoms with van der Waals surface area (Å²) < 4.78 is 12.9. The van der Waals surface area contributed by atoms with Gasteiger partial charge in [0.25, 0.3) is 0 Å². The number of nitrogens with zero attached hydrogens (tertiary/aromatic N) is 1. The molecule has 2 rings (SSSR count). The van der Waals surface area contributed by atoms with E-state index in [2.05, 4.69) is 15.6 Å². The fourth-order valence-electron chi connectivity index (χ4n) is 1.94. The number of aromatic nitrogens is 1. The quantitative estimate of drug-likeness (QED) is 0.856. The molecule has 0 radical (unpaired) electrons. The molecular weight excluding hydrogens is 341 g/mol. The van der Waals surface area contributed by atoms with Gasteiger partial charge in [-0.3, -0.25) is 9.59 Å². The lowest BCUT2D eigenvalue weighted by Gasteiger charge is -2.21. The van der Waals surface area contributed by atoms with Crippen molar-refractivity contribution in [2.75, 3.05) is 5.32 Å². The highest BCUT2D eigenvalue weighted by Gasteiger charge is 2.25. The van der Waals surface area contributed by atoms with Gasteiger partial charge in [-0.15, -0.1) is 11.3 Å². The van der Waals surface area contributed by atoms with E-state index in [1.54, 1.807) is 46.0 Å². The number of thiazole rings is 1. The van der Waals surface area contributed by atoms with Crippen molar-refractivity contribution in [3.05, 3.63) is 46.7 Å². The Bertz CT molecular complexity index is 750. The summed E-state index contributed by atoms with van der Waals surface area (Å²) in [6, 6.07) is 5.61. The first-order valence-corrected chi connectivity index (χ1v) is 8.78. The molecule has 2 aromatic rings. The lowest BCUT2D eigenvalue weighted by Crippen LogP contribution is -2.46. The van der Waals surface area contributed by atoms with Crippen LogP contribution in [0.15, 0.2) is 30.5 Å². The van der Waals surface area contributed by atoms with Crippen LogP contribution in [0.3, 0.4) is 0 Å². The molecule has 5 nitrogen and oxygen atoms in total. The molecule has 0 saturated heterocycles. The van der Waals surface area contributed by atoms with Gasteiger partial charge in [0.05, 0.1) is 0 Å². The molecule has 1 aromatic heterocycles. The number of rotatable bonds is 5. The van der Waals surface area contributed by atoms with Crippen molar-refractivity contribution >= 4 is 28.3 Å². The standard InChI is InChI=1S/C18H22FN3O2S/c1-11(21-16(24)18(2,3)4)15(23)22-17-20-10-14(25-17)9-12-5-7-13(19)8-6-12/h5-8,10-11H,9H2,1-4H3,(H,21,24)(H,20,22,23). The van der Waals surface area contributed by atoms with Crippen LogP contribution in [0.25, 0.3) is 0 Å². The van der Waals surface area contributed by atoms with Crippen LogP contribution in [-0.2, 0) is 16.0 Å². The zero-order valence-electron chi connectivity index (χ0n) is 14.7. The van der Waals surface area contributed by atoms with Gasteiger partial charge in [-0.1, -0.05) is 32.9 Å². The monoisotopic (exact) mass is 363 g/mol. The Kier molecular flexibility index (Phi) is 5.89. The number of benzene rings is 1. The molecule has 7 heteroatoms. The third-order valence-corrected chi connectivity index (χ3v) is 4.41. The summed E-state index contributed by atoms with van der Waals surface area (Å²) in [5, 5.41) is 5.86. The third kappa shape index (κ3) is 5.63. The Morgan fingerprint density at radius 1 is 1.24 bits per heavy atom. The van der Waals surface area contributed by atoms with E-state index < -0.39 is 11.5 Å². The Morgan fingerprint density at radius 2 is 1.88 bits per heavy atom. The summed E-state index contributed by atoms with van der Waals surface area (Å²) in [5.41, 5.74) is 0.409. The Hall–Kier alpha value is -2.28. The van der Waals surface area contributed by atoms with Crippen LogP contribution in [0.4, 0.5) is 9.52 Å². The molecule has 0 fully saturated rings. The zero-order valence-corrected chi connectivity index (χ0v) is 15.5. The second kappa shape index (κ2) is 7.74. The summed E-state index contributed by atoms with van der Waals surface area (Å²) in [6.45, 7) is 6.99. The first-order valence-electron chi connectivity index (χ1n) is 7.96. The minimum atomic E-state index is -0.656. The van der Waals surface area contributed by atoms with Gasteiger partial charge < -0.3 is 10.6 Å². The Labute approximate surface area is 150 Å². The predicted molar refractivity (Wildman–Crippen MR) is 97.0 cm³/mol. The van der Waals surface area contributed by atoms with Crippen LogP contribution in [0.5, 0.6) is 0 Å². The molecule has 0 aliphatic heterocycles. The molecule has 1 unspecified atom stereocenters. The van der Waals surface area contributed by atoms with Gasteiger partial charge in [-0.25, -0.2) is 9.37 Å². The minimum absolute atomic E-state index is 0.189. The number of anilines is 1. The van der Waals surface area contributed by atoms with Crippen molar-refractivity contribution in [1.82, 2.24) is 10.3 Å². The summed E-state index contributed by atoms with van der Waals surface area (Å²) in [4.78, 5) is 29.2. The van der Waals surface area contributed by atoms with Crippen LogP contribution >= 0.6 is 11.3 Å². The van der Waals surface area contributed by atoms with Gasteiger partial charge in [-0.05, 0) is 24.6 Å². The summed E-state index contributed by atoms with van der Waals surface area (Å²) in [5.74, 6) is -0.779. The average Bonchev–Trinajstić information content (AvgIpc) is 2.95. The number of carbonyl (C=O) groups excluding carboxylic acids is 2. The second-order valence-electron chi connectivity index (χ2n) is 6.87. The number of hydrogen-bond donors (Lipinski definition) is 2. The van der Waals surface area contributed by atoms with Crippen molar-refractivity contribution in [2.24, 2.45) is 5.41 Å². The SMILES string of the molecule is CC(NC(=O)C(C)(C)C)C(=O)Nc1ncc(Cc2ccc(F)cc2)s1. The smallest absolute Gasteiger partial charge is 0.248 e. The third-order valence-electron chi connectivity index (χ3n) is 3.50. The number of amides is 2. The van der Waals surface area contributed by atoms with Crippen LogP contribution in [0, 0.1) is 11.2 Å². The van der Waals surface area contributed by atoms with Gasteiger partial charge in [0.1, 0.15) is 11.9 Å². The summed E-state index contributed by atoms with van der Waals surface area (Å²) in [6.07, 6.45) is 2.30. The molecule has 1 aromatic carbocycles. The molecule has 2 amide bonds. The topological polar surface area (TPSA) is 71.1 Å². The first-order chi connectivity index (χ1) is 11.6. The van der Waals surface area contributed by atoms with Gasteiger partial charge in [0, 0.05) is 22.9 Å². The molecule has 0 aliphatic rings. The lowest BCUT2D eigenvalue weighted by atomic mass is 9.95. The van der Waals surface area contributed by atoms with E-state index in [0.717, 1.165) is 10.4 Å². The van der Waals surface area contributed by atoms with Gasteiger partial charge in [-0.2, -0.15) is 0 Å². The highest BCUT2D eigenvalue weighted by Crippen LogP contribution is 2.21. The maximum atomic E-state index is 12.9.